The number of hydrazone groups is 1. The van der Waals surface area contributed by atoms with Crippen LogP contribution in [-0.2, 0) is 4.79 Å². The highest BCUT2D eigenvalue weighted by Crippen LogP contribution is 2.28. The molecule has 7 nitrogen and oxygen atoms in total. The summed E-state index contributed by atoms with van der Waals surface area (Å²) in [5.41, 5.74) is 1.09. The Bertz CT molecular complexity index is 811. The molecule has 27 heavy (non-hydrogen) atoms. The standard InChI is InChI=1S/C20H22N4O3/c25-19(24-17(8-9-21-24)16-5-2-1-3-6-16)15-22-10-12-23(13-11-22)20(26)18-7-4-14-27-18/h1-7,9,14,17H,8,10-13,15H2. The van der Waals surface area contributed by atoms with Gasteiger partial charge in [-0.25, -0.2) is 5.01 Å². The van der Waals surface area contributed by atoms with Gasteiger partial charge >= 0.3 is 0 Å². The maximum absolute atomic E-state index is 12.8. The summed E-state index contributed by atoms with van der Waals surface area (Å²) >= 11 is 0. The number of hydrogen-bond donors (Lipinski definition) is 0. The van der Waals surface area contributed by atoms with E-state index in [1.165, 1.54) is 6.26 Å². The van der Waals surface area contributed by atoms with Gasteiger partial charge in [0.2, 0.25) is 0 Å². The van der Waals surface area contributed by atoms with Crippen LogP contribution in [0.15, 0.2) is 58.2 Å². The summed E-state index contributed by atoms with van der Waals surface area (Å²) in [6.07, 6.45) is 4.04. The van der Waals surface area contributed by atoms with Crippen molar-refractivity contribution in [1.29, 1.82) is 0 Å². The van der Waals surface area contributed by atoms with Crippen LogP contribution in [-0.4, -0.2) is 65.6 Å². The molecule has 4 rings (SSSR count). The lowest BCUT2D eigenvalue weighted by Crippen LogP contribution is -2.51. The van der Waals surface area contributed by atoms with E-state index >= 15 is 0 Å². The number of piperazine rings is 1. The molecule has 0 bridgehead atoms. The quantitative estimate of drug-likeness (QED) is 0.830. The van der Waals surface area contributed by atoms with Crippen LogP contribution in [0.4, 0.5) is 0 Å². The fourth-order valence-corrected chi connectivity index (χ4v) is 3.53. The van der Waals surface area contributed by atoms with Crippen LogP contribution in [0.25, 0.3) is 0 Å². The monoisotopic (exact) mass is 366 g/mol. The Morgan fingerprint density at radius 1 is 1.04 bits per heavy atom. The van der Waals surface area contributed by atoms with Gasteiger partial charge in [-0.1, -0.05) is 30.3 Å². The fraction of sp³-hybridized carbons (Fsp3) is 0.350. The van der Waals surface area contributed by atoms with Gasteiger partial charge in [0.1, 0.15) is 0 Å². The molecule has 2 aromatic rings. The van der Waals surface area contributed by atoms with Crippen LogP contribution >= 0.6 is 0 Å². The molecule has 0 aliphatic carbocycles. The largest absolute Gasteiger partial charge is 0.459 e. The van der Waals surface area contributed by atoms with Gasteiger partial charge < -0.3 is 9.32 Å². The van der Waals surface area contributed by atoms with E-state index in [1.807, 2.05) is 30.3 Å². The highest BCUT2D eigenvalue weighted by atomic mass is 16.3. The van der Waals surface area contributed by atoms with Crippen LogP contribution in [0.1, 0.15) is 28.6 Å². The number of amides is 2. The van der Waals surface area contributed by atoms with Gasteiger partial charge in [-0.3, -0.25) is 14.5 Å². The van der Waals surface area contributed by atoms with Gasteiger partial charge in [0.05, 0.1) is 18.8 Å². The van der Waals surface area contributed by atoms with E-state index in [1.54, 1.807) is 28.3 Å². The summed E-state index contributed by atoms with van der Waals surface area (Å²) < 4.78 is 5.18. The molecule has 1 aromatic heterocycles. The Morgan fingerprint density at radius 3 is 2.52 bits per heavy atom. The number of rotatable bonds is 4. The molecule has 3 heterocycles. The molecule has 1 saturated heterocycles. The van der Waals surface area contributed by atoms with E-state index in [9.17, 15) is 9.59 Å². The fourth-order valence-electron chi connectivity index (χ4n) is 3.53. The van der Waals surface area contributed by atoms with Gasteiger partial charge in [0.25, 0.3) is 11.8 Å². The molecule has 0 radical (unpaired) electrons. The Labute approximate surface area is 157 Å². The van der Waals surface area contributed by atoms with E-state index < -0.39 is 0 Å². The van der Waals surface area contributed by atoms with E-state index in [0.717, 1.165) is 12.0 Å². The van der Waals surface area contributed by atoms with Crippen molar-refractivity contribution >= 4 is 18.0 Å². The Kier molecular flexibility index (Phi) is 5.02. The van der Waals surface area contributed by atoms with Crippen LogP contribution in [0.2, 0.25) is 0 Å². The summed E-state index contributed by atoms with van der Waals surface area (Å²) in [5.74, 6) is 0.249. The third kappa shape index (κ3) is 3.78. The Hall–Kier alpha value is -2.93. The van der Waals surface area contributed by atoms with Gasteiger partial charge in [0.15, 0.2) is 5.76 Å². The second-order valence-corrected chi connectivity index (χ2v) is 6.74. The number of carbonyl (C=O) groups excluding carboxylic acids is 2. The van der Waals surface area contributed by atoms with Crippen molar-refractivity contribution in [3.63, 3.8) is 0 Å². The third-order valence-electron chi connectivity index (χ3n) is 5.02. The molecular formula is C20H22N4O3. The topological polar surface area (TPSA) is 69.4 Å². The van der Waals surface area contributed by atoms with Crippen molar-refractivity contribution in [3.05, 3.63) is 60.1 Å². The van der Waals surface area contributed by atoms with Crippen molar-refractivity contribution in [3.8, 4) is 0 Å². The molecule has 2 aliphatic rings. The minimum atomic E-state index is -0.0979. The maximum atomic E-state index is 12.8. The molecule has 2 amide bonds. The van der Waals surface area contributed by atoms with Gasteiger partial charge in [-0.2, -0.15) is 5.10 Å². The predicted octanol–water partition coefficient (Wildman–Crippen LogP) is 2.00. The van der Waals surface area contributed by atoms with Crippen molar-refractivity contribution in [2.24, 2.45) is 5.10 Å². The zero-order chi connectivity index (χ0) is 18.6. The average molecular weight is 366 g/mol. The zero-order valence-corrected chi connectivity index (χ0v) is 15.0. The lowest BCUT2D eigenvalue weighted by atomic mass is 10.0. The second kappa shape index (κ2) is 7.75. The normalized spacial score (nSPS) is 20.2. The molecule has 0 N–H and O–H groups in total. The SMILES string of the molecule is O=C(c1ccco1)N1CCN(CC(=O)N2N=CCC2c2ccccc2)CC1. The third-order valence-corrected chi connectivity index (χ3v) is 5.02. The van der Waals surface area contributed by atoms with Crippen LogP contribution < -0.4 is 0 Å². The molecule has 140 valence electrons. The molecule has 1 unspecified atom stereocenters. The van der Waals surface area contributed by atoms with Gasteiger partial charge in [-0.05, 0) is 17.7 Å². The highest BCUT2D eigenvalue weighted by molar-refractivity contribution is 5.91. The average Bonchev–Trinajstić information content (AvgIpc) is 3.41. The number of hydrogen-bond acceptors (Lipinski definition) is 5. The van der Waals surface area contributed by atoms with E-state index in [0.29, 0.717) is 38.5 Å². The summed E-state index contributed by atoms with van der Waals surface area (Å²) in [4.78, 5) is 28.9. The van der Waals surface area contributed by atoms with Crippen molar-refractivity contribution in [2.45, 2.75) is 12.5 Å². The minimum absolute atomic E-state index is 0.0107. The molecule has 1 aromatic carbocycles. The van der Waals surface area contributed by atoms with Gasteiger partial charge in [-0.15, -0.1) is 0 Å². The van der Waals surface area contributed by atoms with Crippen molar-refractivity contribution in [2.75, 3.05) is 32.7 Å². The summed E-state index contributed by atoms with van der Waals surface area (Å²) in [6, 6.07) is 13.3. The number of furan rings is 1. The smallest absolute Gasteiger partial charge is 0.289 e. The first-order valence-corrected chi connectivity index (χ1v) is 9.17. The summed E-state index contributed by atoms with van der Waals surface area (Å²) in [5, 5.41) is 5.88. The van der Waals surface area contributed by atoms with E-state index in [-0.39, 0.29) is 17.9 Å². The number of nitrogens with zero attached hydrogens (tertiary/aromatic N) is 4. The first-order chi connectivity index (χ1) is 13.2. The molecule has 0 spiro atoms. The first kappa shape index (κ1) is 17.5. The van der Waals surface area contributed by atoms with Crippen LogP contribution in [0, 0.1) is 0 Å². The van der Waals surface area contributed by atoms with Crippen molar-refractivity contribution in [1.82, 2.24) is 14.8 Å². The summed E-state index contributed by atoms with van der Waals surface area (Å²) in [6.45, 7) is 2.79. The lowest BCUT2D eigenvalue weighted by molar-refractivity contribution is -0.134. The van der Waals surface area contributed by atoms with E-state index in [2.05, 4.69) is 10.0 Å². The number of carbonyl (C=O) groups is 2. The lowest BCUT2D eigenvalue weighted by Gasteiger charge is -2.34. The molecule has 1 atom stereocenters. The predicted molar refractivity (Wildman–Crippen MR) is 100 cm³/mol. The number of benzene rings is 1. The Balaban J connectivity index is 1.32. The van der Waals surface area contributed by atoms with Crippen LogP contribution in [0.5, 0.6) is 0 Å². The molecule has 1 fully saturated rings. The minimum Gasteiger partial charge on any atom is -0.459 e. The molecule has 0 saturated carbocycles. The maximum Gasteiger partial charge on any atom is 0.289 e. The Morgan fingerprint density at radius 2 is 1.81 bits per heavy atom. The summed E-state index contributed by atoms with van der Waals surface area (Å²) in [7, 11) is 0. The second-order valence-electron chi connectivity index (χ2n) is 6.74. The van der Waals surface area contributed by atoms with Crippen molar-refractivity contribution < 1.29 is 14.0 Å². The molecule has 2 aliphatic heterocycles. The highest BCUT2D eigenvalue weighted by Gasteiger charge is 2.30. The zero-order valence-electron chi connectivity index (χ0n) is 15.0. The molecule has 7 heteroatoms. The van der Waals surface area contributed by atoms with E-state index in [4.69, 9.17) is 4.42 Å². The van der Waals surface area contributed by atoms with Gasteiger partial charge in [0, 0.05) is 38.8 Å². The first-order valence-electron chi connectivity index (χ1n) is 9.17. The van der Waals surface area contributed by atoms with Crippen LogP contribution in [0.3, 0.4) is 0 Å². The molecular weight excluding hydrogens is 344 g/mol.